The maximum absolute atomic E-state index is 11.8. The zero-order chi connectivity index (χ0) is 11.1. The van der Waals surface area contributed by atoms with Crippen molar-refractivity contribution in [1.29, 1.82) is 0 Å². The minimum absolute atomic E-state index is 0.0516. The first kappa shape index (κ1) is 10.8. The van der Waals surface area contributed by atoms with Crippen molar-refractivity contribution in [2.45, 2.75) is 37.2 Å². The lowest BCUT2D eigenvalue weighted by atomic mass is 9.81. The molecule has 1 aliphatic rings. The molecule has 0 saturated carbocycles. The van der Waals surface area contributed by atoms with Gasteiger partial charge in [0.15, 0.2) is 0 Å². The first-order valence-corrected chi connectivity index (χ1v) is 6.49. The predicted octanol–water partition coefficient (Wildman–Crippen LogP) is 1.97. The van der Waals surface area contributed by atoms with Crippen LogP contribution in [0.3, 0.4) is 0 Å². The van der Waals surface area contributed by atoms with Crippen molar-refractivity contribution < 1.29 is 9.32 Å². The lowest BCUT2D eigenvalue weighted by molar-refractivity contribution is 0.281. The molecule has 2 rings (SSSR count). The quantitative estimate of drug-likeness (QED) is 0.792. The Labute approximate surface area is 92.8 Å². The fourth-order valence-corrected chi connectivity index (χ4v) is 3.71. The van der Waals surface area contributed by atoms with E-state index in [0.717, 1.165) is 28.2 Å². The third-order valence-corrected chi connectivity index (χ3v) is 4.53. The second-order valence-electron chi connectivity index (χ2n) is 4.67. The molecule has 2 nitrogen and oxygen atoms in total. The van der Waals surface area contributed by atoms with E-state index < -0.39 is 10.8 Å². The Morgan fingerprint density at radius 2 is 2.20 bits per heavy atom. The van der Waals surface area contributed by atoms with Gasteiger partial charge < -0.3 is 5.11 Å². The Balaban J connectivity index is 2.58. The summed E-state index contributed by atoms with van der Waals surface area (Å²) in [5.41, 5.74) is 2.12. The highest BCUT2D eigenvalue weighted by Gasteiger charge is 2.30. The Morgan fingerprint density at radius 1 is 1.47 bits per heavy atom. The molecular formula is C12H16O2S. The summed E-state index contributed by atoms with van der Waals surface area (Å²) in [6.07, 6.45) is 0.946. The van der Waals surface area contributed by atoms with Crippen LogP contribution in [0, 0.1) is 0 Å². The van der Waals surface area contributed by atoms with Crippen molar-refractivity contribution in [3.63, 3.8) is 0 Å². The smallest absolute Gasteiger partial charge is 0.0681 e. The minimum Gasteiger partial charge on any atom is -0.392 e. The van der Waals surface area contributed by atoms with Crippen molar-refractivity contribution in [1.82, 2.24) is 0 Å². The van der Waals surface area contributed by atoms with Gasteiger partial charge in [0.1, 0.15) is 0 Å². The molecule has 1 aromatic carbocycles. The third kappa shape index (κ3) is 1.86. The van der Waals surface area contributed by atoms with Gasteiger partial charge in [-0.2, -0.15) is 0 Å². The number of rotatable bonds is 1. The Bertz CT molecular complexity index is 410. The summed E-state index contributed by atoms with van der Waals surface area (Å²) in [4.78, 5) is 0.948. The SMILES string of the molecule is CC1(C)CCS(=O)c2ccc(CO)cc21. The molecule has 0 aliphatic carbocycles. The van der Waals surface area contributed by atoms with Gasteiger partial charge in [-0.3, -0.25) is 4.21 Å². The van der Waals surface area contributed by atoms with E-state index in [0.29, 0.717) is 0 Å². The van der Waals surface area contributed by atoms with Crippen LogP contribution in [0.25, 0.3) is 0 Å². The summed E-state index contributed by atoms with van der Waals surface area (Å²) in [7, 11) is -0.854. The maximum Gasteiger partial charge on any atom is 0.0681 e. The van der Waals surface area contributed by atoms with Crippen LogP contribution in [0.2, 0.25) is 0 Å². The van der Waals surface area contributed by atoms with E-state index in [2.05, 4.69) is 13.8 Å². The first-order valence-electron chi connectivity index (χ1n) is 5.17. The normalized spacial score (nSPS) is 23.5. The molecule has 0 fully saturated rings. The topological polar surface area (TPSA) is 37.3 Å². The lowest BCUT2D eigenvalue weighted by Gasteiger charge is -2.32. The molecule has 1 aliphatic heterocycles. The van der Waals surface area contributed by atoms with E-state index in [9.17, 15) is 4.21 Å². The molecular weight excluding hydrogens is 208 g/mol. The molecule has 82 valence electrons. The highest BCUT2D eigenvalue weighted by atomic mass is 32.2. The predicted molar refractivity (Wildman–Crippen MR) is 61.3 cm³/mol. The van der Waals surface area contributed by atoms with Crippen molar-refractivity contribution in [3.8, 4) is 0 Å². The molecule has 1 N–H and O–H groups in total. The van der Waals surface area contributed by atoms with Gasteiger partial charge in [0.2, 0.25) is 0 Å². The molecule has 3 heteroatoms. The zero-order valence-corrected chi connectivity index (χ0v) is 9.93. The van der Waals surface area contributed by atoms with Crippen LogP contribution in [0.5, 0.6) is 0 Å². The van der Waals surface area contributed by atoms with Crippen molar-refractivity contribution in [3.05, 3.63) is 29.3 Å². The average Bonchev–Trinajstić information content (AvgIpc) is 2.24. The van der Waals surface area contributed by atoms with Gasteiger partial charge in [0.25, 0.3) is 0 Å². The van der Waals surface area contributed by atoms with E-state index in [4.69, 9.17) is 5.11 Å². The second kappa shape index (κ2) is 3.72. The highest BCUT2D eigenvalue weighted by Crippen LogP contribution is 2.37. The number of benzene rings is 1. The van der Waals surface area contributed by atoms with Crippen molar-refractivity contribution in [2.24, 2.45) is 0 Å². The lowest BCUT2D eigenvalue weighted by Crippen LogP contribution is -2.27. The molecule has 0 spiro atoms. The van der Waals surface area contributed by atoms with Crippen LogP contribution < -0.4 is 0 Å². The fraction of sp³-hybridized carbons (Fsp3) is 0.500. The number of aliphatic hydroxyl groups is 1. The summed E-state index contributed by atoms with van der Waals surface area (Å²) < 4.78 is 11.8. The van der Waals surface area contributed by atoms with E-state index in [-0.39, 0.29) is 12.0 Å². The average molecular weight is 224 g/mol. The fourth-order valence-electron chi connectivity index (χ4n) is 2.00. The van der Waals surface area contributed by atoms with Crippen LogP contribution in [-0.4, -0.2) is 15.1 Å². The molecule has 0 amide bonds. The second-order valence-corrected chi connectivity index (χ2v) is 6.21. The largest absolute Gasteiger partial charge is 0.392 e. The van der Waals surface area contributed by atoms with Crippen LogP contribution in [0.1, 0.15) is 31.4 Å². The molecule has 15 heavy (non-hydrogen) atoms. The molecule has 1 atom stereocenters. The maximum atomic E-state index is 11.8. The van der Waals surface area contributed by atoms with Crippen LogP contribution in [0.15, 0.2) is 23.1 Å². The van der Waals surface area contributed by atoms with E-state index in [1.54, 1.807) is 0 Å². The number of aliphatic hydroxyl groups excluding tert-OH is 1. The molecule has 0 radical (unpaired) electrons. The number of hydrogen-bond acceptors (Lipinski definition) is 2. The van der Waals surface area contributed by atoms with E-state index in [1.807, 2.05) is 18.2 Å². The van der Waals surface area contributed by atoms with Crippen molar-refractivity contribution in [2.75, 3.05) is 5.75 Å². The van der Waals surface area contributed by atoms with Gasteiger partial charge in [-0.1, -0.05) is 26.0 Å². The number of fused-ring (bicyclic) bond motifs is 1. The molecule has 0 saturated heterocycles. The molecule has 1 unspecified atom stereocenters. The van der Waals surface area contributed by atoms with Crippen LogP contribution in [-0.2, 0) is 22.8 Å². The minimum atomic E-state index is -0.854. The molecule has 1 heterocycles. The Kier molecular flexibility index (Phi) is 2.69. The van der Waals surface area contributed by atoms with Gasteiger partial charge in [0, 0.05) is 10.6 Å². The molecule has 0 bridgehead atoms. The highest BCUT2D eigenvalue weighted by molar-refractivity contribution is 7.85. The van der Waals surface area contributed by atoms with Gasteiger partial charge >= 0.3 is 0 Å². The van der Waals surface area contributed by atoms with Gasteiger partial charge in [0.05, 0.1) is 17.4 Å². The van der Waals surface area contributed by atoms with Gasteiger partial charge in [-0.05, 0) is 29.0 Å². The van der Waals surface area contributed by atoms with E-state index >= 15 is 0 Å². The summed E-state index contributed by atoms with van der Waals surface area (Å²) in [5, 5.41) is 9.10. The molecule has 0 aromatic heterocycles. The third-order valence-electron chi connectivity index (χ3n) is 3.11. The summed E-state index contributed by atoms with van der Waals surface area (Å²) in [5.74, 6) is 0.748. The standard InChI is InChI=1S/C12H16O2S/c1-12(2)5-6-15(14)11-4-3-9(8-13)7-10(11)12/h3-4,7,13H,5-6,8H2,1-2H3. The van der Waals surface area contributed by atoms with Crippen molar-refractivity contribution >= 4 is 10.8 Å². The zero-order valence-electron chi connectivity index (χ0n) is 9.12. The Morgan fingerprint density at radius 3 is 2.87 bits per heavy atom. The summed E-state index contributed by atoms with van der Waals surface area (Å²) in [6.45, 7) is 4.39. The van der Waals surface area contributed by atoms with Gasteiger partial charge in [-0.15, -0.1) is 0 Å². The molecule has 1 aromatic rings. The van der Waals surface area contributed by atoms with Crippen LogP contribution >= 0.6 is 0 Å². The Hall–Kier alpha value is -0.670. The monoisotopic (exact) mass is 224 g/mol. The number of hydrogen-bond donors (Lipinski definition) is 1. The van der Waals surface area contributed by atoms with Crippen LogP contribution in [0.4, 0.5) is 0 Å². The van der Waals surface area contributed by atoms with Gasteiger partial charge in [-0.25, -0.2) is 0 Å². The summed E-state index contributed by atoms with van der Waals surface area (Å²) >= 11 is 0. The van der Waals surface area contributed by atoms with E-state index in [1.165, 1.54) is 0 Å². The first-order chi connectivity index (χ1) is 7.04. The summed E-state index contributed by atoms with van der Waals surface area (Å²) in [6, 6.07) is 5.75.